The standard InChI is InChI=1S/C35H28N4/c1-3-4-8-32-24(2)30-22-36-20-18-34(30)38(32)27-14-10-25(11-15-27)26-12-16-28(17-13-26)39-33-9-6-5-7-29(33)31-23-37-21-19-35(31)39/h4-23H,3H2,1-2H3/b8-4-. The fraction of sp³-hybridized carbons (Fsp3) is 0.0857. The summed E-state index contributed by atoms with van der Waals surface area (Å²) in [6.45, 7) is 4.35. The minimum absolute atomic E-state index is 1.000. The molecule has 0 atom stereocenters. The molecule has 0 amide bonds. The number of hydrogen-bond acceptors (Lipinski definition) is 2. The molecule has 7 aromatic rings. The first-order valence-corrected chi connectivity index (χ1v) is 13.4. The van der Waals surface area contributed by atoms with Crippen LogP contribution in [0.15, 0.2) is 116 Å². The number of allylic oxidation sites excluding steroid dienone is 1. The normalized spacial score (nSPS) is 11.8. The van der Waals surface area contributed by atoms with E-state index in [1.165, 1.54) is 55.1 Å². The lowest BCUT2D eigenvalue weighted by Crippen LogP contribution is -1.97. The number of hydrogen-bond donors (Lipinski definition) is 0. The molecule has 4 heterocycles. The maximum Gasteiger partial charge on any atom is 0.0571 e. The Morgan fingerprint density at radius 2 is 1.18 bits per heavy atom. The van der Waals surface area contributed by atoms with Crippen LogP contribution < -0.4 is 0 Å². The molecule has 3 aromatic carbocycles. The van der Waals surface area contributed by atoms with Crippen molar-refractivity contribution in [1.29, 1.82) is 0 Å². The number of benzene rings is 3. The minimum atomic E-state index is 1.000. The molecule has 0 aliphatic heterocycles. The number of aryl methyl sites for hydroxylation is 1. The van der Waals surface area contributed by atoms with Gasteiger partial charge in [0.15, 0.2) is 0 Å². The third-order valence-electron chi connectivity index (χ3n) is 7.64. The Morgan fingerprint density at radius 1 is 0.615 bits per heavy atom. The number of nitrogens with zero attached hydrogens (tertiary/aromatic N) is 4. The molecular formula is C35H28N4. The van der Waals surface area contributed by atoms with Crippen LogP contribution in [0.2, 0.25) is 0 Å². The second-order valence-electron chi connectivity index (χ2n) is 9.89. The monoisotopic (exact) mass is 504 g/mol. The maximum atomic E-state index is 4.37. The third-order valence-corrected chi connectivity index (χ3v) is 7.64. The summed E-state index contributed by atoms with van der Waals surface area (Å²) in [6, 6.07) is 30.4. The zero-order valence-corrected chi connectivity index (χ0v) is 22.0. The summed E-state index contributed by atoms with van der Waals surface area (Å²) < 4.78 is 4.65. The maximum absolute atomic E-state index is 4.37. The van der Waals surface area contributed by atoms with Crippen LogP contribution in [-0.2, 0) is 0 Å². The Labute approximate surface area is 227 Å². The Morgan fingerprint density at radius 3 is 1.85 bits per heavy atom. The summed E-state index contributed by atoms with van der Waals surface area (Å²) in [5.74, 6) is 0. The van der Waals surface area contributed by atoms with E-state index in [0.717, 1.165) is 17.8 Å². The molecule has 188 valence electrons. The molecule has 0 saturated heterocycles. The summed E-state index contributed by atoms with van der Waals surface area (Å²) in [5, 5.41) is 3.58. The number of fused-ring (bicyclic) bond motifs is 4. The van der Waals surface area contributed by atoms with Crippen molar-refractivity contribution in [2.45, 2.75) is 20.3 Å². The number of pyridine rings is 2. The average Bonchev–Trinajstić information content (AvgIpc) is 3.48. The third kappa shape index (κ3) is 3.76. The Hall–Kier alpha value is -4.96. The fourth-order valence-electron chi connectivity index (χ4n) is 5.71. The van der Waals surface area contributed by atoms with E-state index in [4.69, 9.17) is 0 Å². The van der Waals surface area contributed by atoms with Crippen molar-refractivity contribution in [2.75, 3.05) is 0 Å². The zero-order valence-electron chi connectivity index (χ0n) is 22.0. The molecule has 39 heavy (non-hydrogen) atoms. The summed E-state index contributed by atoms with van der Waals surface area (Å²) in [4.78, 5) is 8.74. The van der Waals surface area contributed by atoms with Crippen LogP contribution in [0.1, 0.15) is 24.6 Å². The number of aromatic nitrogens is 4. The van der Waals surface area contributed by atoms with E-state index in [9.17, 15) is 0 Å². The van der Waals surface area contributed by atoms with Crippen LogP contribution in [0.5, 0.6) is 0 Å². The van der Waals surface area contributed by atoms with E-state index in [1.807, 2.05) is 24.8 Å². The second-order valence-corrected chi connectivity index (χ2v) is 9.89. The Balaban J connectivity index is 1.27. The highest BCUT2D eigenvalue weighted by Crippen LogP contribution is 2.33. The first-order valence-electron chi connectivity index (χ1n) is 13.4. The van der Waals surface area contributed by atoms with Crippen molar-refractivity contribution in [3.8, 4) is 22.5 Å². The van der Waals surface area contributed by atoms with Gasteiger partial charge in [0, 0.05) is 58.0 Å². The van der Waals surface area contributed by atoms with Gasteiger partial charge in [0.2, 0.25) is 0 Å². The van der Waals surface area contributed by atoms with Gasteiger partial charge in [0.1, 0.15) is 0 Å². The van der Waals surface area contributed by atoms with Crippen LogP contribution in [0, 0.1) is 6.92 Å². The Bertz CT molecular complexity index is 1930. The van der Waals surface area contributed by atoms with Gasteiger partial charge in [-0.05, 0) is 78.6 Å². The molecule has 0 aliphatic carbocycles. The van der Waals surface area contributed by atoms with Gasteiger partial charge in [0.05, 0.1) is 16.6 Å². The van der Waals surface area contributed by atoms with Gasteiger partial charge in [-0.1, -0.05) is 55.5 Å². The smallest absolute Gasteiger partial charge is 0.0571 e. The van der Waals surface area contributed by atoms with Crippen LogP contribution in [-0.4, -0.2) is 19.1 Å². The van der Waals surface area contributed by atoms with E-state index >= 15 is 0 Å². The molecule has 0 radical (unpaired) electrons. The van der Waals surface area contributed by atoms with E-state index in [2.05, 4.69) is 130 Å². The topological polar surface area (TPSA) is 35.6 Å². The van der Waals surface area contributed by atoms with E-state index < -0.39 is 0 Å². The highest BCUT2D eigenvalue weighted by atomic mass is 15.0. The van der Waals surface area contributed by atoms with E-state index in [0.29, 0.717) is 0 Å². The molecule has 0 fully saturated rings. The first-order chi connectivity index (χ1) is 19.2. The van der Waals surface area contributed by atoms with Crippen molar-refractivity contribution >= 4 is 38.8 Å². The quantitative estimate of drug-likeness (QED) is 0.235. The van der Waals surface area contributed by atoms with Crippen LogP contribution in [0.25, 0.3) is 61.3 Å². The van der Waals surface area contributed by atoms with Crippen molar-refractivity contribution in [3.63, 3.8) is 0 Å². The summed E-state index contributed by atoms with van der Waals surface area (Å²) in [5.41, 5.74) is 10.7. The van der Waals surface area contributed by atoms with Gasteiger partial charge in [-0.3, -0.25) is 9.97 Å². The van der Waals surface area contributed by atoms with Crippen molar-refractivity contribution in [2.24, 2.45) is 0 Å². The lowest BCUT2D eigenvalue weighted by molar-refractivity contribution is 1.09. The molecular weight excluding hydrogens is 476 g/mol. The first kappa shape index (κ1) is 23.2. The zero-order chi connectivity index (χ0) is 26.3. The van der Waals surface area contributed by atoms with E-state index in [1.54, 1.807) is 0 Å². The van der Waals surface area contributed by atoms with Crippen LogP contribution in [0.4, 0.5) is 0 Å². The molecule has 7 rings (SSSR count). The highest BCUT2D eigenvalue weighted by molar-refractivity contribution is 6.08. The van der Waals surface area contributed by atoms with Gasteiger partial charge in [-0.2, -0.15) is 0 Å². The molecule has 0 unspecified atom stereocenters. The molecule has 0 bridgehead atoms. The van der Waals surface area contributed by atoms with Gasteiger partial charge in [0.25, 0.3) is 0 Å². The van der Waals surface area contributed by atoms with Crippen molar-refractivity contribution < 1.29 is 0 Å². The fourth-order valence-corrected chi connectivity index (χ4v) is 5.71. The molecule has 0 N–H and O–H groups in total. The number of rotatable bonds is 5. The average molecular weight is 505 g/mol. The van der Waals surface area contributed by atoms with Crippen LogP contribution in [0.3, 0.4) is 0 Å². The SMILES string of the molecule is CC/C=C\c1c(C)c2cnccc2n1-c1ccc(-c2ccc(-n3c4ccccc4c4cnccc43)cc2)cc1. The molecule has 4 aromatic heterocycles. The minimum Gasteiger partial charge on any atom is -0.309 e. The van der Waals surface area contributed by atoms with Gasteiger partial charge in [-0.25, -0.2) is 0 Å². The molecule has 0 aliphatic rings. The predicted octanol–water partition coefficient (Wildman–Crippen LogP) is 8.92. The largest absolute Gasteiger partial charge is 0.309 e. The van der Waals surface area contributed by atoms with Crippen molar-refractivity contribution in [3.05, 3.63) is 127 Å². The molecule has 0 saturated carbocycles. The lowest BCUT2D eigenvalue weighted by Gasteiger charge is -2.12. The van der Waals surface area contributed by atoms with E-state index in [-0.39, 0.29) is 0 Å². The summed E-state index contributed by atoms with van der Waals surface area (Å²) in [7, 11) is 0. The Kier molecular flexibility index (Phi) is 5.59. The predicted molar refractivity (Wildman–Crippen MR) is 163 cm³/mol. The summed E-state index contributed by atoms with van der Waals surface area (Å²) in [6.07, 6.45) is 13.1. The lowest BCUT2D eigenvalue weighted by atomic mass is 10.0. The summed E-state index contributed by atoms with van der Waals surface area (Å²) >= 11 is 0. The molecule has 0 spiro atoms. The van der Waals surface area contributed by atoms with Crippen LogP contribution >= 0.6 is 0 Å². The second kappa shape index (κ2) is 9.41. The highest BCUT2D eigenvalue weighted by Gasteiger charge is 2.15. The number of para-hydroxylation sites is 1. The molecule has 4 heteroatoms. The van der Waals surface area contributed by atoms with Gasteiger partial charge >= 0.3 is 0 Å². The molecule has 4 nitrogen and oxygen atoms in total. The van der Waals surface area contributed by atoms with Gasteiger partial charge < -0.3 is 9.13 Å². The van der Waals surface area contributed by atoms with Crippen molar-refractivity contribution in [1.82, 2.24) is 19.1 Å². The van der Waals surface area contributed by atoms with Gasteiger partial charge in [-0.15, -0.1) is 0 Å².